The lowest BCUT2D eigenvalue weighted by Gasteiger charge is -2.05. The molecule has 2 aromatic carbocycles. The molecule has 0 aliphatic heterocycles. The first-order valence-corrected chi connectivity index (χ1v) is 7.52. The summed E-state index contributed by atoms with van der Waals surface area (Å²) in [6.45, 7) is -3.49. The third-order valence-electron chi connectivity index (χ3n) is 3.26. The first kappa shape index (κ1) is 19.7. The molecular weight excluding hydrogens is 364 g/mol. The largest absolute Gasteiger partial charge is 0.454 e. The summed E-state index contributed by atoms with van der Waals surface area (Å²) in [6.07, 6.45) is 2.46. The monoisotopic (exact) mass is 377 g/mol. The number of nitro groups is 1. The SMILES string of the molecule is O=C(/C=C/c1ccc([N+](=O)[O-])cc1)OCC(=O)c1ccc(OC(F)F)cc1. The van der Waals surface area contributed by atoms with Crippen molar-refractivity contribution in [2.75, 3.05) is 6.61 Å². The lowest BCUT2D eigenvalue weighted by molar-refractivity contribution is -0.384. The average Bonchev–Trinajstić information content (AvgIpc) is 2.65. The van der Waals surface area contributed by atoms with Gasteiger partial charge in [0, 0.05) is 23.8 Å². The third kappa shape index (κ3) is 6.31. The fraction of sp³-hybridized carbons (Fsp3) is 0.111. The first-order chi connectivity index (χ1) is 12.8. The first-order valence-electron chi connectivity index (χ1n) is 7.52. The Balaban J connectivity index is 1.85. The fourth-order valence-electron chi connectivity index (χ4n) is 1.96. The molecule has 0 aliphatic rings. The molecule has 0 saturated carbocycles. The number of alkyl halides is 2. The molecule has 0 atom stereocenters. The van der Waals surface area contributed by atoms with Crippen LogP contribution in [0.25, 0.3) is 6.08 Å². The highest BCUT2D eigenvalue weighted by Gasteiger charge is 2.10. The Hall–Kier alpha value is -3.62. The van der Waals surface area contributed by atoms with Gasteiger partial charge < -0.3 is 9.47 Å². The molecule has 0 radical (unpaired) electrons. The highest BCUT2D eigenvalue weighted by Crippen LogP contribution is 2.15. The molecule has 0 saturated heterocycles. The van der Waals surface area contributed by atoms with Crippen LogP contribution >= 0.6 is 0 Å². The van der Waals surface area contributed by atoms with Gasteiger partial charge in [0.1, 0.15) is 5.75 Å². The van der Waals surface area contributed by atoms with Crippen molar-refractivity contribution in [2.45, 2.75) is 6.61 Å². The van der Waals surface area contributed by atoms with Gasteiger partial charge in [-0.1, -0.05) is 0 Å². The van der Waals surface area contributed by atoms with Crippen molar-refractivity contribution in [1.29, 1.82) is 0 Å². The second kappa shape index (κ2) is 9.18. The topological polar surface area (TPSA) is 95.7 Å². The minimum atomic E-state index is -2.96. The minimum Gasteiger partial charge on any atom is -0.454 e. The summed E-state index contributed by atoms with van der Waals surface area (Å²) in [6, 6.07) is 10.4. The van der Waals surface area contributed by atoms with Crippen LogP contribution in [0, 0.1) is 10.1 Å². The van der Waals surface area contributed by atoms with E-state index in [9.17, 15) is 28.5 Å². The van der Waals surface area contributed by atoms with Crippen LogP contribution in [0.15, 0.2) is 54.6 Å². The fourth-order valence-corrected chi connectivity index (χ4v) is 1.96. The van der Waals surface area contributed by atoms with E-state index in [0.717, 1.165) is 6.08 Å². The van der Waals surface area contributed by atoms with Crippen molar-refractivity contribution in [3.8, 4) is 5.75 Å². The van der Waals surface area contributed by atoms with Crippen molar-refractivity contribution in [3.63, 3.8) is 0 Å². The number of benzene rings is 2. The van der Waals surface area contributed by atoms with Crippen molar-refractivity contribution >= 4 is 23.5 Å². The van der Waals surface area contributed by atoms with Gasteiger partial charge in [0.15, 0.2) is 12.4 Å². The van der Waals surface area contributed by atoms with E-state index in [4.69, 9.17) is 4.74 Å². The van der Waals surface area contributed by atoms with E-state index in [0.29, 0.717) is 5.56 Å². The molecule has 0 bridgehead atoms. The number of halogens is 2. The summed E-state index contributed by atoms with van der Waals surface area (Å²) in [5, 5.41) is 10.6. The van der Waals surface area contributed by atoms with Gasteiger partial charge in [0.25, 0.3) is 5.69 Å². The van der Waals surface area contributed by atoms with Gasteiger partial charge in [0.2, 0.25) is 0 Å². The Morgan fingerprint density at radius 2 is 1.70 bits per heavy atom. The van der Waals surface area contributed by atoms with Crippen molar-refractivity contribution < 1.29 is 32.8 Å². The number of carbonyl (C=O) groups is 2. The summed E-state index contributed by atoms with van der Waals surface area (Å²) >= 11 is 0. The van der Waals surface area contributed by atoms with Crippen LogP contribution < -0.4 is 4.74 Å². The molecule has 0 amide bonds. The van der Waals surface area contributed by atoms with Gasteiger partial charge in [-0.15, -0.1) is 0 Å². The Morgan fingerprint density at radius 1 is 1.07 bits per heavy atom. The summed E-state index contributed by atoms with van der Waals surface area (Å²) < 4.78 is 33.1. The third-order valence-corrected chi connectivity index (χ3v) is 3.26. The second-order valence-electron chi connectivity index (χ2n) is 5.12. The number of rotatable bonds is 8. The Kier molecular flexibility index (Phi) is 6.70. The van der Waals surface area contributed by atoms with Crippen LogP contribution in [-0.2, 0) is 9.53 Å². The van der Waals surface area contributed by atoms with Crippen LogP contribution in [0.3, 0.4) is 0 Å². The van der Waals surface area contributed by atoms with Crippen LogP contribution in [-0.4, -0.2) is 29.9 Å². The van der Waals surface area contributed by atoms with Crippen LogP contribution in [0.1, 0.15) is 15.9 Å². The maximum Gasteiger partial charge on any atom is 0.387 e. The second-order valence-corrected chi connectivity index (χ2v) is 5.12. The van der Waals surface area contributed by atoms with Crippen LogP contribution in [0.5, 0.6) is 5.75 Å². The van der Waals surface area contributed by atoms with Gasteiger partial charge in [0.05, 0.1) is 4.92 Å². The highest BCUT2D eigenvalue weighted by atomic mass is 19.3. The van der Waals surface area contributed by atoms with Crippen molar-refractivity contribution in [1.82, 2.24) is 0 Å². The number of hydrogen-bond acceptors (Lipinski definition) is 6. The molecule has 140 valence electrons. The summed E-state index contributed by atoms with van der Waals surface area (Å²) in [4.78, 5) is 33.5. The van der Waals surface area contributed by atoms with E-state index in [2.05, 4.69) is 4.74 Å². The maximum atomic E-state index is 12.1. The predicted molar refractivity (Wildman–Crippen MR) is 90.5 cm³/mol. The molecule has 0 aromatic heterocycles. The molecule has 0 N–H and O–H groups in total. The van der Waals surface area contributed by atoms with Gasteiger partial charge in [-0.3, -0.25) is 14.9 Å². The van der Waals surface area contributed by atoms with E-state index in [-0.39, 0.29) is 17.0 Å². The zero-order valence-electron chi connectivity index (χ0n) is 13.7. The summed E-state index contributed by atoms with van der Waals surface area (Å²) in [5.41, 5.74) is 0.632. The number of esters is 1. The average molecular weight is 377 g/mol. The van der Waals surface area contributed by atoms with E-state index in [1.165, 1.54) is 54.6 Å². The number of carbonyl (C=O) groups excluding carboxylic acids is 2. The summed E-state index contributed by atoms with van der Waals surface area (Å²) in [5.74, 6) is -1.39. The number of ether oxygens (including phenoxy) is 2. The lowest BCUT2D eigenvalue weighted by atomic mass is 10.1. The van der Waals surface area contributed by atoms with Gasteiger partial charge >= 0.3 is 12.6 Å². The molecular formula is C18H13F2NO6. The van der Waals surface area contributed by atoms with Crippen LogP contribution in [0.2, 0.25) is 0 Å². The number of nitro benzene ring substituents is 1. The Morgan fingerprint density at radius 3 is 2.26 bits per heavy atom. The highest BCUT2D eigenvalue weighted by molar-refractivity contribution is 5.99. The normalized spacial score (nSPS) is 10.8. The molecule has 0 spiro atoms. The number of ketones is 1. The minimum absolute atomic E-state index is 0.0784. The Labute approximate surface area is 152 Å². The molecule has 2 aromatic rings. The zero-order valence-corrected chi connectivity index (χ0v) is 13.7. The number of non-ortho nitro benzene ring substituents is 1. The molecule has 27 heavy (non-hydrogen) atoms. The standard InChI is InChI=1S/C18H13F2NO6/c19-18(20)27-15-8-4-13(5-9-15)16(22)11-26-17(23)10-3-12-1-6-14(7-2-12)21(24)25/h1-10,18H,11H2/b10-3+. The molecule has 0 fully saturated rings. The van der Waals surface area contributed by atoms with E-state index in [1.54, 1.807) is 0 Å². The van der Waals surface area contributed by atoms with Gasteiger partial charge in [-0.25, -0.2) is 4.79 Å². The molecule has 2 rings (SSSR count). The molecule has 0 aliphatic carbocycles. The van der Waals surface area contributed by atoms with Crippen LogP contribution in [0.4, 0.5) is 14.5 Å². The smallest absolute Gasteiger partial charge is 0.387 e. The molecule has 7 nitrogen and oxygen atoms in total. The number of hydrogen-bond donors (Lipinski definition) is 0. The predicted octanol–water partition coefficient (Wildman–Crippen LogP) is 3.64. The zero-order chi connectivity index (χ0) is 19.8. The number of Topliss-reactive ketones (excluding diaryl/α,β-unsaturated/α-hetero) is 1. The van der Waals surface area contributed by atoms with E-state index < -0.39 is 29.9 Å². The molecule has 0 heterocycles. The quantitative estimate of drug-likeness (QED) is 0.229. The number of nitrogens with zero attached hydrogens (tertiary/aromatic N) is 1. The Bertz CT molecular complexity index is 847. The van der Waals surface area contributed by atoms with Crippen molar-refractivity contribution in [2.24, 2.45) is 0 Å². The van der Waals surface area contributed by atoms with Crippen molar-refractivity contribution in [3.05, 3.63) is 75.8 Å². The molecule has 9 heteroatoms. The van der Waals surface area contributed by atoms with Gasteiger partial charge in [-0.2, -0.15) is 8.78 Å². The van der Waals surface area contributed by atoms with Gasteiger partial charge in [-0.05, 0) is 48.0 Å². The maximum absolute atomic E-state index is 12.1. The van der Waals surface area contributed by atoms with E-state index >= 15 is 0 Å². The molecule has 0 unspecified atom stereocenters. The summed E-state index contributed by atoms with van der Waals surface area (Å²) in [7, 11) is 0. The van der Waals surface area contributed by atoms with E-state index in [1.807, 2.05) is 0 Å². The lowest BCUT2D eigenvalue weighted by Crippen LogP contribution is -2.12.